The molecule has 2 heterocycles. The smallest absolute Gasteiger partial charge is 0.246 e. The molecule has 3 amide bonds. The van der Waals surface area contributed by atoms with Crippen LogP contribution in [-0.4, -0.2) is 57.9 Å². The molecule has 3 N–H and O–H groups in total. The number of nitrogens with zero attached hydrogens (tertiary/aromatic N) is 2. The van der Waals surface area contributed by atoms with E-state index in [4.69, 9.17) is 9.52 Å². The Morgan fingerprint density at radius 1 is 1.25 bits per heavy atom. The molecule has 172 valence electrons. The Kier molecular flexibility index (Phi) is 7.29. The molecule has 0 saturated carbocycles. The molecule has 2 aromatic rings. The molecule has 1 aromatic heterocycles. The third-order valence-corrected chi connectivity index (χ3v) is 5.54. The van der Waals surface area contributed by atoms with Crippen LogP contribution in [-0.2, 0) is 20.9 Å². The molecule has 0 aliphatic carbocycles. The average molecular weight is 443 g/mol. The predicted molar refractivity (Wildman–Crippen MR) is 117 cm³/mol. The summed E-state index contributed by atoms with van der Waals surface area (Å²) in [6.45, 7) is 5.59. The molecule has 1 fully saturated rings. The van der Waals surface area contributed by atoms with E-state index in [2.05, 4.69) is 15.6 Å². The topological polar surface area (TPSA) is 125 Å². The van der Waals surface area contributed by atoms with Gasteiger partial charge in [-0.1, -0.05) is 45.0 Å². The van der Waals surface area contributed by atoms with Crippen molar-refractivity contribution in [2.75, 3.05) is 13.2 Å². The zero-order valence-electron chi connectivity index (χ0n) is 18.6. The fourth-order valence-electron chi connectivity index (χ4n) is 3.78. The lowest BCUT2D eigenvalue weighted by atomic mass is 9.85. The van der Waals surface area contributed by atoms with Crippen molar-refractivity contribution in [3.63, 3.8) is 0 Å². The third-order valence-electron chi connectivity index (χ3n) is 5.54. The minimum Gasteiger partial charge on any atom is -0.444 e. The van der Waals surface area contributed by atoms with E-state index in [9.17, 15) is 14.4 Å². The van der Waals surface area contributed by atoms with Crippen LogP contribution in [0, 0.1) is 5.41 Å². The second kappa shape index (κ2) is 9.95. The monoisotopic (exact) mass is 442 g/mol. The SMILES string of the molecule is CC(C)(C)C(NC(=O)CO)C(=O)N1CCC[C@H]1C(=O)NCc1ccc(-c2cnco2)cc1. The Hall–Kier alpha value is -3.20. The van der Waals surface area contributed by atoms with Crippen LogP contribution in [0.4, 0.5) is 0 Å². The maximum Gasteiger partial charge on any atom is 0.246 e. The number of hydrogen-bond acceptors (Lipinski definition) is 6. The molecule has 1 saturated heterocycles. The summed E-state index contributed by atoms with van der Waals surface area (Å²) in [5.41, 5.74) is 1.24. The van der Waals surface area contributed by atoms with E-state index in [1.165, 1.54) is 11.3 Å². The van der Waals surface area contributed by atoms with E-state index >= 15 is 0 Å². The van der Waals surface area contributed by atoms with Crippen molar-refractivity contribution in [3.05, 3.63) is 42.4 Å². The highest BCUT2D eigenvalue weighted by molar-refractivity contribution is 5.93. The number of oxazole rings is 1. The quantitative estimate of drug-likeness (QED) is 0.596. The molecule has 3 rings (SSSR count). The first-order valence-electron chi connectivity index (χ1n) is 10.7. The first-order valence-corrected chi connectivity index (χ1v) is 10.7. The molecule has 1 aromatic carbocycles. The number of nitrogens with one attached hydrogen (secondary N) is 2. The van der Waals surface area contributed by atoms with Gasteiger partial charge in [-0.15, -0.1) is 0 Å². The van der Waals surface area contributed by atoms with Crippen LogP contribution in [0.3, 0.4) is 0 Å². The zero-order valence-corrected chi connectivity index (χ0v) is 18.6. The lowest BCUT2D eigenvalue weighted by molar-refractivity contribution is -0.144. The number of carbonyl (C=O) groups is 3. The largest absolute Gasteiger partial charge is 0.444 e. The Labute approximate surface area is 187 Å². The second-order valence-electron chi connectivity index (χ2n) is 8.99. The fourth-order valence-corrected chi connectivity index (χ4v) is 3.78. The normalized spacial score (nSPS) is 17.1. The molecule has 1 aliphatic rings. The van der Waals surface area contributed by atoms with Crippen LogP contribution in [0.1, 0.15) is 39.2 Å². The molecule has 1 unspecified atom stereocenters. The van der Waals surface area contributed by atoms with Gasteiger partial charge in [0.1, 0.15) is 18.7 Å². The zero-order chi connectivity index (χ0) is 23.3. The van der Waals surface area contributed by atoms with Crippen molar-refractivity contribution in [3.8, 4) is 11.3 Å². The predicted octanol–water partition coefficient (Wildman–Crippen LogP) is 1.47. The summed E-state index contributed by atoms with van der Waals surface area (Å²) in [5.74, 6) is -0.487. The first kappa shape index (κ1) is 23.5. The van der Waals surface area contributed by atoms with Gasteiger partial charge in [0.05, 0.1) is 6.20 Å². The van der Waals surface area contributed by atoms with Gasteiger partial charge in [0.15, 0.2) is 12.2 Å². The van der Waals surface area contributed by atoms with Crippen molar-refractivity contribution in [1.82, 2.24) is 20.5 Å². The number of aliphatic hydroxyl groups excluding tert-OH is 1. The number of aliphatic hydroxyl groups is 1. The van der Waals surface area contributed by atoms with Gasteiger partial charge in [0.25, 0.3) is 0 Å². The van der Waals surface area contributed by atoms with Crippen LogP contribution in [0.15, 0.2) is 41.3 Å². The molecule has 9 nitrogen and oxygen atoms in total. The molecule has 1 aliphatic heterocycles. The van der Waals surface area contributed by atoms with Gasteiger partial charge in [-0.3, -0.25) is 14.4 Å². The van der Waals surface area contributed by atoms with E-state index in [1.807, 2.05) is 45.0 Å². The van der Waals surface area contributed by atoms with Crippen molar-refractivity contribution >= 4 is 17.7 Å². The Morgan fingerprint density at radius 2 is 1.97 bits per heavy atom. The van der Waals surface area contributed by atoms with Crippen molar-refractivity contribution in [2.45, 2.75) is 52.2 Å². The summed E-state index contributed by atoms with van der Waals surface area (Å²) in [6.07, 6.45) is 4.28. The van der Waals surface area contributed by atoms with Gasteiger partial charge < -0.3 is 25.1 Å². The third kappa shape index (κ3) is 5.53. The van der Waals surface area contributed by atoms with Crippen LogP contribution in [0.2, 0.25) is 0 Å². The highest BCUT2D eigenvalue weighted by atomic mass is 16.3. The number of rotatable bonds is 7. The molecule has 0 radical (unpaired) electrons. The van der Waals surface area contributed by atoms with Gasteiger partial charge in [0.2, 0.25) is 17.7 Å². The summed E-state index contributed by atoms with van der Waals surface area (Å²) in [5, 5.41) is 14.6. The molecule has 2 atom stereocenters. The Balaban J connectivity index is 1.63. The van der Waals surface area contributed by atoms with Crippen LogP contribution in [0.25, 0.3) is 11.3 Å². The summed E-state index contributed by atoms with van der Waals surface area (Å²) >= 11 is 0. The standard InChI is InChI=1S/C23H30N4O5/c1-23(2,3)20(26-19(29)13-28)22(31)27-10-4-5-17(27)21(30)25-11-15-6-8-16(9-7-15)18-12-24-14-32-18/h6-9,12,14,17,20,28H,4-5,10-11,13H2,1-3H3,(H,25,30)(H,26,29)/t17-,20?/m0/s1. The van der Waals surface area contributed by atoms with Crippen LogP contribution < -0.4 is 10.6 Å². The highest BCUT2D eigenvalue weighted by Crippen LogP contribution is 2.26. The molecule has 32 heavy (non-hydrogen) atoms. The average Bonchev–Trinajstić information content (AvgIpc) is 3.47. The Bertz CT molecular complexity index is 934. The van der Waals surface area contributed by atoms with Crippen molar-refractivity contribution < 1.29 is 23.9 Å². The number of benzene rings is 1. The first-order chi connectivity index (χ1) is 15.2. The summed E-state index contributed by atoms with van der Waals surface area (Å²) < 4.78 is 5.28. The van der Waals surface area contributed by atoms with E-state index in [0.29, 0.717) is 31.7 Å². The molecule has 9 heteroatoms. The van der Waals surface area contributed by atoms with E-state index in [0.717, 1.165) is 11.1 Å². The molecule has 0 bridgehead atoms. The van der Waals surface area contributed by atoms with Crippen LogP contribution >= 0.6 is 0 Å². The van der Waals surface area contributed by atoms with Gasteiger partial charge in [-0.05, 0) is 23.8 Å². The van der Waals surface area contributed by atoms with Crippen LogP contribution in [0.5, 0.6) is 0 Å². The molecular weight excluding hydrogens is 412 g/mol. The minimum absolute atomic E-state index is 0.226. The van der Waals surface area contributed by atoms with E-state index < -0.39 is 30.0 Å². The lowest BCUT2D eigenvalue weighted by Gasteiger charge is -2.35. The maximum absolute atomic E-state index is 13.2. The fraction of sp³-hybridized carbons (Fsp3) is 0.478. The number of carbonyl (C=O) groups excluding carboxylic acids is 3. The maximum atomic E-state index is 13.2. The van der Waals surface area contributed by atoms with E-state index in [1.54, 1.807) is 6.20 Å². The number of likely N-dealkylation sites (tertiary alicyclic amines) is 1. The van der Waals surface area contributed by atoms with Crippen molar-refractivity contribution in [2.24, 2.45) is 5.41 Å². The number of amides is 3. The highest BCUT2D eigenvalue weighted by Gasteiger charge is 2.41. The van der Waals surface area contributed by atoms with Gasteiger partial charge >= 0.3 is 0 Å². The van der Waals surface area contributed by atoms with Gasteiger partial charge in [0, 0.05) is 18.7 Å². The number of aromatic nitrogens is 1. The number of hydrogen-bond donors (Lipinski definition) is 3. The summed E-state index contributed by atoms with van der Waals surface area (Å²) in [4.78, 5) is 43.3. The van der Waals surface area contributed by atoms with Crippen molar-refractivity contribution in [1.29, 1.82) is 0 Å². The van der Waals surface area contributed by atoms with E-state index in [-0.39, 0.29) is 11.8 Å². The Morgan fingerprint density at radius 3 is 2.56 bits per heavy atom. The second-order valence-corrected chi connectivity index (χ2v) is 8.99. The molecular formula is C23H30N4O5. The van der Waals surface area contributed by atoms with Gasteiger partial charge in [-0.25, -0.2) is 4.98 Å². The molecule has 0 spiro atoms. The lowest BCUT2D eigenvalue weighted by Crippen LogP contribution is -2.58. The minimum atomic E-state index is -0.834. The summed E-state index contributed by atoms with van der Waals surface area (Å²) in [7, 11) is 0. The van der Waals surface area contributed by atoms with Gasteiger partial charge in [-0.2, -0.15) is 0 Å². The summed E-state index contributed by atoms with van der Waals surface area (Å²) in [6, 6.07) is 6.16.